The van der Waals surface area contributed by atoms with Crippen molar-refractivity contribution < 1.29 is 4.57 Å². The molecule has 0 saturated carbocycles. The summed E-state index contributed by atoms with van der Waals surface area (Å²) in [4.78, 5) is 4.96. The van der Waals surface area contributed by atoms with Crippen LogP contribution in [0.3, 0.4) is 0 Å². The predicted molar refractivity (Wildman–Crippen MR) is 140 cm³/mol. The number of imidazole rings is 1. The van der Waals surface area contributed by atoms with Crippen LogP contribution < -0.4 is 4.57 Å². The lowest BCUT2D eigenvalue weighted by molar-refractivity contribution is -0.617. The van der Waals surface area contributed by atoms with Crippen LogP contribution in [0.5, 0.6) is 0 Å². The molecule has 0 aliphatic carbocycles. The first-order valence-electron chi connectivity index (χ1n) is 12.1. The summed E-state index contributed by atoms with van der Waals surface area (Å²) in [7, 11) is 2.19. The van der Waals surface area contributed by atoms with Crippen molar-refractivity contribution in [2.45, 2.75) is 61.3 Å². The molecule has 33 heavy (non-hydrogen) atoms. The Balaban J connectivity index is 2.01. The van der Waals surface area contributed by atoms with E-state index < -0.39 is 0 Å². The SMILES string of the molecule is Cc1ccnc2c3c(CC(C)(C)C)cccc3n3c4cc(CC(C)(C)C)ccc4[n+](C)c3c12. The van der Waals surface area contributed by atoms with Crippen molar-refractivity contribution in [3.8, 4) is 0 Å². The topological polar surface area (TPSA) is 21.2 Å². The fraction of sp³-hybridized carbons (Fsp3) is 0.400. The number of pyridine rings is 2. The highest BCUT2D eigenvalue weighted by Gasteiger charge is 2.27. The van der Waals surface area contributed by atoms with Gasteiger partial charge in [0.15, 0.2) is 11.0 Å². The smallest absolute Gasteiger partial charge is 0.255 e. The Kier molecular flexibility index (Phi) is 4.83. The van der Waals surface area contributed by atoms with Gasteiger partial charge < -0.3 is 0 Å². The summed E-state index contributed by atoms with van der Waals surface area (Å²) in [6, 6.07) is 15.9. The average Bonchev–Trinajstić information content (AvgIpc) is 2.98. The number of rotatable bonds is 2. The van der Waals surface area contributed by atoms with Crippen molar-refractivity contribution in [1.29, 1.82) is 0 Å². The molecular weight excluding hydrogens is 402 g/mol. The molecule has 170 valence electrons. The van der Waals surface area contributed by atoms with Crippen LogP contribution in [0.15, 0.2) is 48.7 Å². The second-order valence-corrected chi connectivity index (χ2v) is 12.2. The first-order chi connectivity index (χ1) is 15.4. The molecular formula is C30H36N3+. The van der Waals surface area contributed by atoms with Crippen LogP contribution in [0.25, 0.3) is 38.5 Å². The van der Waals surface area contributed by atoms with Gasteiger partial charge in [-0.1, -0.05) is 59.7 Å². The number of fused-ring (bicyclic) bond motifs is 8. The molecule has 0 unspecified atom stereocenters. The molecule has 0 spiro atoms. The van der Waals surface area contributed by atoms with Crippen molar-refractivity contribution in [2.24, 2.45) is 17.9 Å². The Morgan fingerprint density at radius 2 is 1.58 bits per heavy atom. The summed E-state index contributed by atoms with van der Waals surface area (Å²) in [5.74, 6) is 0. The third-order valence-corrected chi connectivity index (χ3v) is 6.62. The van der Waals surface area contributed by atoms with Crippen molar-refractivity contribution in [1.82, 2.24) is 9.38 Å². The predicted octanol–water partition coefficient (Wildman–Crippen LogP) is 7.10. The fourth-order valence-electron chi connectivity index (χ4n) is 5.45. The zero-order valence-corrected chi connectivity index (χ0v) is 21.4. The molecule has 5 aromatic rings. The third kappa shape index (κ3) is 3.68. The van der Waals surface area contributed by atoms with E-state index in [2.05, 4.69) is 107 Å². The van der Waals surface area contributed by atoms with Crippen molar-refractivity contribution in [3.05, 3.63) is 65.4 Å². The van der Waals surface area contributed by atoms with Gasteiger partial charge in [0, 0.05) is 6.20 Å². The minimum absolute atomic E-state index is 0.197. The Hall–Kier alpha value is -2.94. The Labute approximate surface area is 197 Å². The number of hydrogen-bond donors (Lipinski definition) is 0. The number of nitrogens with zero attached hydrogens (tertiary/aromatic N) is 3. The number of benzene rings is 2. The number of aryl methyl sites for hydroxylation is 2. The van der Waals surface area contributed by atoms with Gasteiger partial charge in [-0.2, -0.15) is 4.40 Å². The summed E-state index contributed by atoms with van der Waals surface area (Å²) < 4.78 is 4.84. The number of aromatic nitrogens is 3. The molecule has 3 nitrogen and oxygen atoms in total. The Morgan fingerprint density at radius 3 is 2.27 bits per heavy atom. The van der Waals surface area contributed by atoms with E-state index in [1.54, 1.807) is 0 Å². The first-order valence-corrected chi connectivity index (χ1v) is 12.1. The molecule has 0 aliphatic heterocycles. The van der Waals surface area contributed by atoms with Gasteiger partial charge in [-0.3, -0.25) is 4.98 Å². The first kappa shape index (κ1) is 21.9. The summed E-state index contributed by atoms with van der Waals surface area (Å²) in [5.41, 5.74) is 10.6. The minimum Gasteiger partial charge on any atom is -0.255 e. The molecule has 3 heterocycles. The molecule has 0 radical (unpaired) electrons. The molecule has 3 heteroatoms. The van der Waals surface area contributed by atoms with Gasteiger partial charge in [0.2, 0.25) is 0 Å². The molecule has 2 aromatic carbocycles. The van der Waals surface area contributed by atoms with Gasteiger partial charge in [0.1, 0.15) is 5.52 Å². The van der Waals surface area contributed by atoms with Crippen molar-refractivity contribution in [2.75, 3.05) is 0 Å². The van der Waals surface area contributed by atoms with E-state index in [0.29, 0.717) is 0 Å². The van der Waals surface area contributed by atoms with Crippen LogP contribution in [0.1, 0.15) is 58.2 Å². The van der Waals surface area contributed by atoms with E-state index in [9.17, 15) is 0 Å². The molecule has 0 fully saturated rings. The van der Waals surface area contributed by atoms with Crippen molar-refractivity contribution in [3.63, 3.8) is 0 Å². The molecule has 0 N–H and O–H groups in total. The van der Waals surface area contributed by atoms with E-state index in [1.165, 1.54) is 49.7 Å². The molecule has 5 rings (SSSR count). The Bertz CT molecular complexity index is 1540. The summed E-state index contributed by atoms with van der Waals surface area (Å²) >= 11 is 0. The second kappa shape index (κ2) is 7.28. The lowest BCUT2D eigenvalue weighted by Gasteiger charge is -2.20. The van der Waals surface area contributed by atoms with E-state index in [1.807, 2.05) is 6.20 Å². The molecule has 0 saturated heterocycles. The standard InChI is InChI=1S/C30H36N3/c1-19-14-15-31-27-25(19)28-32(8)22-13-12-20(17-29(2,3)4)16-24(22)33(28)23-11-9-10-21(26(23)27)18-30(5,6)7/h9-16H,17-18H2,1-8H3/q+1. The van der Waals surface area contributed by atoms with Crippen LogP contribution in [0.2, 0.25) is 0 Å². The van der Waals surface area contributed by atoms with Gasteiger partial charge in [-0.25, -0.2) is 4.57 Å². The van der Waals surface area contributed by atoms with Crippen LogP contribution in [0.4, 0.5) is 0 Å². The fourth-order valence-corrected chi connectivity index (χ4v) is 5.45. The van der Waals surface area contributed by atoms with E-state index >= 15 is 0 Å². The maximum absolute atomic E-state index is 4.96. The van der Waals surface area contributed by atoms with Crippen LogP contribution in [-0.4, -0.2) is 9.38 Å². The highest BCUT2D eigenvalue weighted by atomic mass is 15.1. The van der Waals surface area contributed by atoms with Gasteiger partial charge in [0.25, 0.3) is 5.65 Å². The highest BCUT2D eigenvalue weighted by molar-refractivity contribution is 6.13. The van der Waals surface area contributed by atoms with Crippen molar-refractivity contribution >= 4 is 38.5 Å². The third-order valence-electron chi connectivity index (χ3n) is 6.62. The maximum atomic E-state index is 4.96. The monoisotopic (exact) mass is 438 g/mol. The lowest BCUT2D eigenvalue weighted by Crippen LogP contribution is -2.27. The normalized spacial score (nSPS) is 13.1. The molecule has 0 amide bonds. The van der Waals surface area contributed by atoms with E-state index in [4.69, 9.17) is 4.98 Å². The molecule has 3 aromatic heterocycles. The second-order valence-electron chi connectivity index (χ2n) is 12.2. The zero-order valence-electron chi connectivity index (χ0n) is 21.4. The maximum Gasteiger partial charge on any atom is 0.297 e. The van der Waals surface area contributed by atoms with Crippen LogP contribution >= 0.6 is 0 Å². The van der Waals surface area contributed by atoms with E-state index in [-0.39, 0.29) is 10.8 Å². The van der Waals surface area contributed by atoms with Crippen LogP contribution in [0, 0.1) is 17.8 Å². The van der Waals surface area contributed by atoms with Gasteiger partial charge >= 0.3 is 0 Å². The molecule has 0 aliphatic rings. The Morgan fingerprint density at radius 1 is 0.848 bits per heavy atom. The highest BCUT2D eigenvalue weighted by Crippen LogP contribution is 2.36. The van der Waals surface area contributed by atoms with Gasteiger partial charge in [-0.15, -0.1) is 0 Å². The van der Waals surface area contributed by atoms with E-state index in [0.717, 1.165) is 18.4 Å². The summed E-state index contributed by atoms with van der Waals surface area (Å²) in [6.45, 7) is 16.1. The number of hydrogen-bond acceptors (Lipinski definition) is 1. The lowest BCUT2D eigenvalue weighted by atomic mass is 9.86. The molecule has 0 atom stereocenters. The zero-order chi connectivity index (χ0) is 23.7. The summed E-state index contributed by atoms with van der Waals surface area (Å²) in [5, 5.41) is 2.54. The van der Waals surface area contributed by atoms with Crippen LogP contribution in [-0.2, 0) is 19.9 Å². The minimum atomic E-state index is 0.197. The molecule has 0 bridgehead atoms. The average molecular weight is 439 g/mol. The summed E-state index contributed by atoms with van der Waals surface area (Å²) in [6.07, 6.45) is 4.04. The van der Waals surface area contributed by atoms with Gasteiger partial charge in [-0.05, 0) is 71.6 Å². The largest absolute Gasteiger partial charge is 0.297 e. The quantitative estimate of drug-likeness (QED) is 0.213. The van der Waals surface area contributed by atoms with Gasteiger partial charge in [0.05, 0.1) is 23.3 Å².